The second-order valence-corrected chi connectivity index (χ2v) is 4.94. The van der Waals surface area contributed by atoms with Crippen molar-refractivity contribution in [2.75, 3.05) is 13.7 Å². The van der Waals surface area contributed by atoms with E-state index in [0.29, 0.717) is 12.3 Å². The minimum Gasteiger partial charge on any atom is -0.497 e. The third-order valence-electron chi connectivity index (χ3n) is 3.31. The maximum Gasteiger partial charge on any atom is 0.261 e. The predicted octanol–water partition coefficient (Wildman–Crippen LogP) is 2.96. The second kappa shape index (κ2) is 8.40. The fourth-order valence-electron chi connectivity index (χ4n) is 2.11. The summed E-state index contributed by atoms with van der Waals surface area (Å²) in [5, 5.41) is 12.0. The number of ether oxygens (including phenoxy) is 1. The molecule has 23 heavy (non-hydrogen) atoms. The molecule has 4 heteroatoms. The molecule has 0 unspecified atom stereocenters. The summed E-state index contributed by atoms with van der Waals surface area (Å²) in [6.07, 6.45) is 2.28. The Bertz CT molecular complexity index is 731. The minimum atomic E-state index is -0.369. The number of carbonyl (C=O) groups excluding carboxylic acids is 1. The summed E-state index contributed by atoms with van der Waals surface area (Å²) in [6, 6.07) is 19.0. The van der Waals surface area contributed by atoms with E-state index in [2.05, 4.69) is 5.32 Å². The molecule has 0 aliphatic carbocycles. The molecule has 116 valence electrons. The van der Waals surface area contributed by atoms with Gasteiger partial charge in [-0.1, -0.05) is 42.5 Å². The molecule has 0 radical (unpaired) electrons. The van der Waals surface area contributed by atoms with E-state index >= 15 is 0 Å². The predicted molar refractivity (Wildman–Crippen MR) is 89.7 cm³/mol. The number of amides is 1. The van der Waals surface area contributed by atoms with Crippen molar-refractivity contribution in [3.8, 4) is 11.8 Å². The van der Waals surface area contributed by atoms with Gasteiger partial charge in [0.05, 0.1) is 7.11 Å². The molecular formula is C19H18N2O2. The van der Waals surface area contributed by atoms with Crippen LogP contribution in [0.25, 0.3) is 6.08 Å². The lowest BCUT2D eigenvalue weighted by Gasteiger charge is -2.05. The molecule has 0 aliphatic heterocycles. The van der Waals surface area contributed by atoms with Gasteiger partial charge in [-0.05, 0) is 35.8 Å². The number of hydrogen-bond donors (Lipinski definition) is 1. The number of nitrogens with one attached hydrogen (secondary N) is 1. The van der Waals surface area contributed by atoms with Crippen molar-refractivity contribution in [3.63, 3.8) is 0 Å². The monoisotopic (exact) mass is 306 g/mol. The normalized spacial score (nSPS) is 10.7. The van der Waals surface area contributed by atoms with Crippen LogP contribution in [0.1, 0.15) is 11.1 Å². The number of nitriles is 1. The topological polar surface area (TPSA) is 62.1 Å². The fourth-order valence-corrected chi connectivity index (χ4v) is 2.11. The molecular weight excluding hydrogens is 288 g/mol. The van der Waals surface area contributed by atoms with Crippen LogP contribution in [0.5, 0.6) is 5.75 Å². The van der Waals surface area contributed by atoms with Crippen molar-refractivity contribution in [2.24, 2.45) is 0 Å². The van der Waals surface area contributed by atoms with Crippen molar-refractivity contribution >= 4 is 12.0 Å². The highest BCUT2D eigenvalue weighted by molar-refractivity contribution is 6.01. The highest BCUT2D eigenvalue weighted by Crippen LogP contribution is 2.15. The summed E-state index contributed by atoms with van der Waals surface area (Å²) in [7, 11) is 1.57. The molecule has 2 aromatic carbocycles. The molecule has 0 saturated carbocycles. The molecule has 2 aromatic rings. The largest absolute Gasteiger partial charge is 0.497 e. The first kappa shape index (κ1) is 16.3. The Hall–Kier alpha value is -3.06. The third-order valence-corrected chi connectivity index (χ3v) is 3.31. The molecule has 0 fully saturated rings. The van der Waals surface area contributed by atoms with Crippen LogP contribution in [0, 0.1) is 11.3 Å². The molecule has 0 spiro atoms. The zero-order chi connectivity index (χ0) is 16.5. The molecule has 2 rings (SSSR count). The molecule has 0 bridgehead atoms. The maximum atomic E-state index is 12.1. The quantitative estimate of drug-likeness (QED) is 0.659. The van der Waals surface area contributed by atoms with Crippen LogP contribution >= 0.6 is 0 Å². The van der Waals surface area contributed by atoms with Crippen LogP contribution in [-0.2, 0) is 11.2 Å². The summed E-state index contributed by atoms with van der Waals surface area (Å²) in [5.74, 6) is 0.312. The van der Waals surface area contributed by atoms with E-state index in [4.69, 9.17) is 4.74 Å². The van der Waals surface area contributed by atoms with Crippen LogP contribution in [0.2, 0.25) is 0 Å². The Balaban J connectivity index is 1.98. The van der Waals surface area contributed by atoms with Crippen LogP contribution < -0.4 is 10.1 Å². The Morgan fingerprint density at radius 2 is 2.00 bits per heavy atom. The van der Waals surface area contributed by atoms with E-state index in [1.165, 1.54) is 0 Å². The van der Waals surface area contributed by atoms with Crippen LogP contribution in [0.4, 0.5) is 0 Å². The Morgan fingerprint density at radius 1 is 1.22 bits per heavy atom. The van der Waals surface area contributed by atoms with Crippen molar-refractivity contribution in [1.82, 2.24) is 5.32 Å². The zero-order valence-corrected chi connectivity index (χ0v) is 13.0. The summed E-state index contributed by atoms with van der Waals surface area (Å²) in [4.78, 5) is 12.1. The smallest absolute Gasteiger partial charge is 0.261 e. The highest BCUT2D eigenvalue weighted by Gasteiger charge is 2.08. The van der Waals surface area contributed by atoms with Crippen molar-refractivity contribution in [2.45, 2.75) is 6.42 Å². The van der Waals surface area contributed by atoms with Gasteiger partial charge in [0.15, 0.2) is 0 Å². The Kier molecular flexibility index (Phi) is 5.96. The lowest BCUT2D eigenvalue weighted by Crippen LogP contribution is -2.26. The summed E-state index contributed by atoms with van der Waals surface area (Å²) in [6.45, 7) is 0.486. The molecule has 0 heterocycles. The molecule has 1 N–H and O–H groups in total. The van der Waals surface area contributed by atoms with Gasteiger partial charge in [-0.2, -0.15) is 5.26 Å². The number of hydrogen-bond acceptors (Lipinski definition) is 3. The lowest BCUT2D eigenvalue weighted by atomic mass is 10.1. The van der Waals surface area contributed by atoms with E-state index in [1.807, 2.05) is 54.6 Å². The molecule has 4 nitrogen and oxygen atoms in total. The molecule has 0 aliphatic rings. The molecule has 1 amide bonds. The summed E-state index contributed by atoms with van der Waals surface area (Å²) in [5.41, 5.74) is 1.97. The number of carbonyl (C=O) groups is 1. The zero-order valence-electron chi connectivity index (χ0n) is 13.0. The van der Waals surface area contributed by atoms with Crippen molar-refractivity contribution < 1.29 is 9.53 Å². The van der Waals surface area contributed by atoms with Gasteiger partial charge in [0.2, 0.25) is 0 Å². The van der Waals surface area contributed by atoms with E-state index in [9.17, 15) is 10.1 Å². The van der Waals surface area contributed by atoms with E-state index in [1.54, 1.807) is 19.3 Å². The van der Waals surface area contributed by atoms with Gasteiger partial charge in [0, 0.05) is 6.54 Å². The number of rotatable bonds is 6. The summed E-state index contributed by atoms with van der Waals surface area (Å²) >= 11 is 0. The van der Waals surface area contributed by atoms with E-state index < -0.39 is 0 Å². The number of benzene rings is 2. The fraction of sp³-hybridized carbons (Fsp3) is 0.158. The third kappa shape index (κ3) is 5.01. The molecule has 0 saturated heterocycles. The first-order valence-electron chi connectivity index (χ1n) is 7.31. The molecule has 0 atom stereocenters. The van der Waals surface area contributed by atoms with Crippen molar-refractivity contribution in [1.29, 1.82) is 5.26 Å². The second-order valence-electron chi connectivity index (χ2n) is 4.94. The maximum absolute atomic E-state index is 12.1. The Morgan fingerprint density at radius 3 is 2.70 bits per heavy atom. The van der Waals surface area contributed by atoms with Gasteiger partial charge in [-0.3, -0.25) is 4.79 Å². The van der Waals surface area contributed by atoms with Gasteiger partial charge in [0.1, 0.15) is 17.4 Å². The van der Waals surface area contributed by atoms with Gasteiger partial charge in [0.25, 0.3) is 5.91 Å². The van der Waals surface area contributed by atoms with Crippen LogP contribution in [0.15, 0.2) is 60.2 Å². The van der Waals surface area contributed by atoms with Gasteiger partial charge >= 0.3 is 0 Å². The SMILES string of the molecule is COc1cccc(/C=C(/C#N)C(=O)NCCc2ccccc2)c1. The first-order valence-corrected chi connectivity index (χ1v) is 7.31. The lowest BCUT2D eigenvalue weighted by molar-refractivity contribution is -0.117. The minimum absolute atomic E-state index is 0.0753. The van der Waals surface area contributed by atoms with E-state index in [0.717, 1.165) is 17.5 Å². The van der Waals surface area contributed by atoms with Crippen LogP contribution in [0.3, 0.4) is 0 Å². The average Bonchev–Trinajstić information content (AvgIpc) is 2.60. The van der Waals surface area contributed by atoms with Gasteiger partial charge < -0.3 is 10.1 Å². The average molecular weight is 306 g/mol. The standard InChI is InChI=1S/C19H18N2O2/c1-23-18-9-5-8-16(13-18)12-17(14-20)19(22)21-11-10-15-6-3-2-4-7-15/h2-9,12-13H,10-11H2,1H3,(H,21,22)/b17-12-. The number of methoxy groups -OCH3 is 1. The van der Waals surface area contributed by atoms with Gasteiger partial charge in [-0.25, -0.2) is 0 Å². The van der Waals surface area contributed by atoms with Crippen LogP contribution in [-0.4, -0.2) is 19.6 Å². The first-order chi connectivity index (χ1) is 11.2. The van der Waals surface area contributed by atoms with Gasteiger partial charge in [-0.15, -0.1) is 0 Å². The summed E-state index contributed by atoms with van der Waals surface area (Å²) < 4.78 is 5.13. The highest BCUT2D eigenvalue weighted by atomic mass is 16.5. The molecule has 0 aromatic heterocycles. The van der Waals surface area contributed by atoms with Crippen molar-refractivity contribution in [3.05, 3.63) is 71.3 Å². The number of nitrogens with zero attached hydrogens (tertiary/aromatic N) is 1. The Labute approximate surface area is 136 Å². The van der Waals surface area contributed by atoms with E-state index in [-0.39, 0.29) is 11.5 Å².